The third-order valence-electron chi connectivity index (χ3n) is 6.67. The average molecular weight is 494 g/mol. The van der Waals surface area contributed by atoms with Crippen molar-refractivity contribution in [1.82, 2.24) is 25.2 Å². The van der Waals surface area contributed by atoms with E-state index >= 15 is 0 Å². The summed E-state index contributed by atoms with van der Waals surface area (Å²) in [5, 5.41) is 3.01. The van der Waals surface area contributed by atoms with Gasteiger partial charge in [0.15, 0.2) is 11.5 Å². The van der Waals surface area contributed by atoms with E-state index in [4.69, 9.17) is 18.9 Å². The number of nitrogens with one attached hydrogen (secondary N) is 2. The SMILES string of the molecule is CCOC(=O)N1CCC(NC(=O)c2c[nH]c3c(-c4c(OCC5CC5)ccc5c4OCO5)ncnc23)C1. The average Bonchev–Trinajstić information content (AvgIpc) is 3.25. The van der Waals surface area contributed by atoms with E-state index in [-0.39, 0.29) is 24.8 Å². The Labute approximate surface area is 207 Å². The van der Waals surface area contributed by atoms with E-state index in [0.717, 1.165) is 0 Å². The Morgan fingerprint density at radius 3 is 2.94 bits per heavy atom. The number of ether oxygens (including phenoxy) is 4. The highest BCUT2D eigenvalue weighted by atomic mass is 16.7. The number of hydrogen-bond donors (Lipinski definition) is 2. The van der Waals surface area contributed by atoms with E-state index in [9.17, 15) is 9.59 Å². The lowest BCUT2D eigenvalue weighted by Crippen LogP contribution is -2.38. The van der Waals surface area contributed by atoms with Gasteiger partial charge >= 0.3 is 6.09 Å². The number of carbonyl (C=O) groups excluding carboxylic acids is 2. The van der Waals surface area contributed by atoms with Crippen LogP contribution in [0.4, 0.5) is 4.79 Å². The van der Waals surface area contributed by atoms with Crippen molar-refractivity contribution in [1.29, 1.82) is 0 Å². The van der Waals surface area contributed by atoms with Crippen LogP contribution in [0.15, 0.2) is 24.7 Å². The molecule has 4 heterocycles. The fourth-order valence-electron chi connectivity index (χ4n) is 4.61. The van der Waals surface area contributed by atoms with Crippen molar-refractivity contribution in [2.75, 3.05) is 33.1 Å². The number of aromatic amines is 1. The minimum Gasteiger partial charge on any atom is -0.492 e. The maximum absolute atomic E-state index is 13.2. The Kier molecular flexibility index (Phi) is 5.74. The number of carbonyl (C=O) groups is 2. The van der Waals surface area contributed by atoms with E-state index in [2.05, 4.69) is 20.3 Å². The molecule has 3 aliphatic rings. The zero-order valence-corrected chi connectivity index (χ0v) is 19.9. The number of aromatic nitrogens is 3. The largest absolute Gasteiger partial charge is 0.492 e. The van der Waals surface area contributed by atoms with Crippen LogP contribution in [-0.4, -0.2) is 71.0 Å². The van der Waals surface area contributed by atoms with E-state index in [1.54, 1.807) is 18.0 Å². The van der Waals surface area contributed by atoms with Gasteiger partial charge in [-0.05, 0) is 44.2 Å². The van der Waals surface area contributed by atoms with E-state index in [1.165, 1.54) is 19.2 Å². The van der Waals surface area contributed by atoms with Gasteiger partial charge in [-0.3, -0.25) is 4.79 Å². The monoisotopic (exact) mass is 493 g/mol. The van der Waals surface area contributed by atoms with Crippen molar-refractivity contribution in [2.45, 2.75) is 32.2 Å². The van der Waals surface area contributed by atoms with E-state index in [1.807, 2.05) is 12.1 Å². The molecule has 3 aromatic rings. The molecule has 0 radical (unpaired) electrons. The lowest BCUT2D eigenvalue weighted by atomic mass is 10.1. The van der Waals surface area contributed by atoms with E-state index < -0.39 is 0 Å². The lowest BCUT2D eigenvalue weighted by Gasteiger charge is -2.16. The van der Waals surface area contributed by atoms with Crippen molar-refractivity contribution in [3.05, 3.63) is 30.2 Å². The summed E-state index contributed by atoms with van der Waals surface area (Å²) in [6, 6.07) is 3.53. The van der Waals surface area contributed by atoms with Crippen molar-refractivity contribution in [2.24, 2.45) is 5.92 Å². The molecule has 1 atom stereocenters. The summed E-state index contributed by atoms with van der Waals surface area (Å²) in [6.45, 7) is 3.77. The lowest BCUT2D eigenvalue weighted by molar-refractivity contribution is 0.0931. The number of amides is 2. The Balaban J connectivity index is 1.28. The third-order valence-corrected chi connectivity index (χ3v) is 6.67. The second-order valence-corrected chi connectivity index (χ2v) is 9.18. The van der Waals surface area contributed by atoms with Gasteiger partial charge < -0.3 is 34.1 Å². The molecule has 188 valence electrons. The smallest absolute Gasteiger partial charge is 0.409 e. The molecule has 1 aromatic carbocycles. The molecular formula is C25H27N5O6. The number of likely N-dealkylation sites (tertiary alicyclic amines) is 1. The maximum Gasteiger partial charge on any atom is 0.409 e. The predicted octanol–water partition coefficient (Wildman–Crippen LogP) is 3.10. The molecule has 1 aliphatic carbocycles. The van der Waals surface area contributed by atoms with Crippen LogP contribution in [0.25, 0.3) is 22.3 Å². The highest BCUT2D eigenvalue weighted by Gasteiger charge is 2.31. The Hall–Kier alpha value is -4.02. The standard InChI is InChI=1S/C25H27N5O6/c1-2-33-25(32)30-8-7-15(10-30)29-24(31)16-9-26-22-20(16)27-12-28-21(22)19-17(34-11-14-3-4-14)5-6-18-23(19)36-13-35-18/h5-6,9,12,14-15,26H,2-4,7-8,10-11,13H2,1H3,(H,29,31). The van der Waals surface area contributed by atoms with Crippen LogP contribution in [0.5, 0.6) is 17.2 Å². The molecule has 11 nitrogen and oxygen atoms in total. The van der Waals surface area contributed by atoms with Gasteiger partial charge in [-0.15, -0.1) is 0 Å². The van der Waals surface area contributed by atoms with Gasteiger partial charge in [-0.2, -0.15) is 0 Å². The summed E-state index contributed by atoms with van der Waals surface area (Å²) in [4.78, 5) is 38.9. The topological polar surface area (TPSA) is 128 Å². The van der Waals surface area contributed by atoms with Gasteiger partial charge in [-0.25, -0.2) is 14.8 Å². The second-order valence-electron chi connectivity index (χ2n) is 9.18. The molecule has 2 N–H and O–H groups in total. The molecule has 2 aliphatic heterocycles. The summed E-state index contributed by atoms with van der Waals surface area (Å²) in [5.41, 5.74) is 2.73. The fourth-order valence-corrected chi connectivity index (χ4v) is 4.61. The van der Waals surface area contributed by atoms with Crippen LogP contribution in [0.1, 0.15) is 36.5 Å². The first-order valence-electron chi connectivity index (χ1n) is 12.2. The van der Waals surface area contributed by atoms with Gasteiger partial charge in [0.2, 0.25) is 6.79 Å². The van der Waals surface area contributed by atoms with Crippen LogP contribution in [-0.2, 0) is 4.74 Å². The van der Waals surface area contributed by atoms with E-state index in [0.29, 0.717) is 83.7 Å². The number of fused-ring (bicyclic) bond motifs is 2. The highest BCUT2D eigenvalue weighted by molar-refractivity contribution is 6.08. The minimum atomic E-state index is -0.361. The van der Waals surface area contributed by atoms with Crippen molar-refractivity contribution in [3.63, 3.8) is 0 Å². The van der Waals surface area contributed by atoms with Crippen molar-refractivity contribution >= 4 is 23.0 Å². The second kappa shape index (κ2) is 9.21. The molecule has 2 amide bonds. The summed E-state index contributed by atoms with van der Waals surface area (Å²) in [5.74, 6) is 2.13. The molecule has 2 fully saturated rings. The summed E-state index contributed by atoms with van der Waals surface area (Å²) < 4.78 is 22.6. The zero-order valence-electron chi connectivity index (χ0n) is 19.9. The fraction of sp³-hybridized carbons (Fsp3) is 0.440. The first-order valence-corrected chi connectivity index (χ1v) is 12.2. The summed E-state index contributed by atoms with van der Waals surface area (Å²) >= 11 is 0. The van der Waals surface area contributed by atoms with Gasteiger partial charge in [-0.1, -0.05) is 0 Å². The van der Waals surface area contributed by atoms with Crippen LogP contribution >= 0.6 is 0 Å². The molecule has 1 saturated heterocycles. The van der Waals surface area contributed by atoms with Crippen LogP contribution in [0, 0.1) is 5.92 Å². The zero-order chi connectivity index (χ0) is 24.6. The Morgan fingerprint density at radius 2 is 2.11 bits per heavy atom. The number of H-pyrrole nitrogens is 1. The predicted molar refractivity (Wildman–Crippen MR) is 128 cm³/mol. The molecule has 36 heavy (non-hydrogen) atoms. The van der Waals surface area contributed by atoms with Gasteiger partial charge in [0, 0.05) is 25.3 Å². The summed E-state index contributed by atoms with van der Waals surface area (Å²) in [7, 11) is 0. The molecule has 6 rings (SSSR count). The first-order chi connectivity index (χ1) is 17.6. The Morgan fingerprint density at radius 1 is 1.22 bits per heavy atom. The third kappa shape index (κ3) is 4.14. The number of rotatable bonds is 7. The normalized spacial score (nSPS) is 18.5. The highest BCUT2D eigenvalue weighted by Crippen LogP contribution is 2.48. The molecule has 1 saturated carbocycles. The van der Waals surface area contributed by atoms with Gasteiger partial charge in [0.1, 0.15) is 23.3 Å². The minimum absolute atomic E-state index is 0.116. The van der Waals surface area contributed by atoms with Crippen LogP contribution < -0.4 is 19.5 Å². The maximum atomic E-state index is 13.2. The molecule has 11 heteroatoms. The molecule has 1 unspecified atom stereocenters. The van der Waals surface area contributed by atoms with Crippen LogP contribution in [0.3, 0.4) is 0 Å². The quantitative estimate of drug-likeness (QED) is 0.514. The van der Waals surface area contributed by atoms with Crippen molar-refractivity contribution in [3.8, 4) is 28.5 Å². The van der Waals surface area contributed by atoms with Gasteiger partial charge in [0.25, 0.3) is 5.91 Å². The molecular weight excluding hydrogens is 466 g/mol. The molecule has 2 aromatic heterocycles. The van der Waals surface area contributed by atoms with Gasteiger partial charge in [0.05, 0.1) is 29.9 Å². The summed E-state index contributed by atoms with van der Waals surface area (Å²) in [6.07, 6.45) is 5.70. The first kappa shape index (κ1) is 22.4. The van der Waals surface area contributed by atoms with Crippen molar-refractivity contribution < 1.29 is 28.5 Å². The molecule has 0 bridgehead atoms. The molecule has 0 spiro atoms. The van der Waals surface area contributed by atoms with Crippen LogP contribution in [0.2, 0.25) is 0 Å². The number of benzene rings is 1. The Bertz CT molecular complexity index is 1320. The number of hydrogen-bond acceptors (Lipinski definition) is 8. The number of nitrogens with zero attached hydrogens (tertiary/aromatic N) is 3.